The molecule has 19 heavy (non-hydrogen) atoms. The summed E-state index contributed by atoms with van der Waals surface area (Å²) in [6, 6.07) is 6.83. The van der Waals surface area contributed by atoms with Crippen molar-refractivity contribution in [3.8, 4) is 5.75 Å². The van der Waals surface area contributed by atoms with Crippen LogP contribution in [-0.4, -0.2) is 48.3 Å². The summed E-state index contributed by atoms with van der Waals surface area (Å²) in [4.78, 5) is 2.36. The highest BCUT2D eigenvalue weighted by Gasteiger charge is 2.10. The molecule has 1 rings (SSSR count). The number of benzene rings is 1. The fourth-order valence-electron chi connectivity index (χ4n) is 1.92. The van der Waals surface area contributed by atoms with Crippen molar-refractivity contribution >= 4 is 12.6 Å². The highest BCUT2D eigenvalue weighted by atomic mass is 16.5. The second kappa shape index (κ2) is 8.20. The van der Waals surface area contributed by atoms with E-state index < -0.39 is 7.12 Å². The SMILES string of the molecule is CCN(CCOc1ccc(B(O)O)cc1)CC(C)C. The first-order chi connectivity index (χ1) is 9.02. The van der Waals surface area contributed by atoms with Crippen molar-refractivity contribution < 1.29 is 14.8 Å². The molecular weight excluding hydrogens is 241 g/mol. The molecule has 0 saturated heterocycles. The standard InChI is InChI=1S/C14H24BNO3/c1-4-16(11-12(2)3)9-10-19-14-7-5-13(6-8-14)15(17)18/h5-8,12,17-18H,4,9-11H2,1-3H3. The number of likely N-dealkylation sites (N-methyl/N-ethyl adjacent to an activating group) is 1. The van der Waals surface area contributed by atoms with Gasteiger partial charge in [0.25, 0.3) is 0 Å². The maximum atomic E-state index is 8.99. The van der Waals surface area contributed by atoms with E-state index in [1.165, 1.54) is 0 Å². The van der Waals surface area contributed by atoms with Gasteiger partial charge in [-0.15, -0.1) is 0 Å². The fraction of sp³-hybridized carbons (Fsp3) is 0.571. The van der Waals surface area contributed by atoms with Crippen molar-refractivity contribution in [1.29, 1.82) is 0 Å². The average Bonchev–Trinajstić information content (AvgIpc) is 2.37. The minimum absolute atomic E-state index is 0.474. The number of ether oxygens (including phenoxy) is 1. The van der Waals surface area contributed by atoms with E-state index in [2.05, 4.69) is 25.7 Å². The van der Waals surface area contributed by atoms with Gasteiger partial charge < -0.3 is 14.8 Å². The molecule has 1 aromatic carbocycles. The van der Waals surface area contributed by atoms with E-state index in [1.54, 1.807) is 24.3 Å². The quantitative estimate of drug-likeness (QED) is 0.680. The number of hydrogen-bond donors (Lipinski definition) is 2. The predicted molar refractivity (Wildman–Crippen MR) is 78.7 cm³/mol. The van der Waals surface area contributed by atoms with Crippen molar-refractivity contribution in [2.45, 2.75) is 20.8 Å². The average molecular weight is 265 g/mol. The highest BCUT2D eigenvalue weighted by molar-refractivity contribution is 6.58. The van der Waals surface area contributed by atoms with Crippen LogP contribution in [0.15, 0.2) is 24.3 Å². The van der Waals surface area contributed by atoms with Crippen LogP contribution < -0.4 is 10.2 Å². The monoisotopic (exact) mass is 265 g/mol. The lowest BCUT2D eigenvalue weighted by Crippen LogP contribution is -2.31. The Morgan fingerprint density at radius 1 is 1.21 bits per heavy atom. The van der Waals surface area contributed by atoms with E-state index in [9.17, 15) is 0 Å². The minimum Gasteiger partial charge on any atom is -0.492 e. The van der Waals surface area contributed by atoms with Gasteiger partial charge in [0.15, 0.2) is 0 Å². The van der Waals surface area contributed by atoms with Crippen LogP contribution in [0.2, 0.25) is 0 Å². The molecule has 0 unspecified atom stereocenters. The van der Waals surface area contributed by atoms with E-state index in [0.717, 1.165) is 25.4 Å². The van der Waals surface area contributed by atoms with Crippen LogP contribution in [0.1, 0.15) is 20.8 Å². The molecule has 4 nitrogen and oxygen atoms in total. The molecule has 0 fully saturated rings. The lowest BCUT2D eigenvalue weighted by molar-refractivity contribution is 0.200. The topological polar surface area (TPSA) is 52.9 Å². The van der Waals surface area contributed by atoms with Gasteiger partial charge >= 0.3 is 7.12 Å². The Hall–Kier alpha value is -1.04. The van der Waals surface area contributed by atoms with Crippen LogP contribution in [0.4, 0.5) is 0 Å². The second-order valence-electron chi connectivity index (χ2n) is 5.08. The summed E-state index contributed by atoms with van der Waals surface area (Å²) in [5, 5.41) is 18.0. The molecule has 1 aromatic rings. The molecule has 0 spiro atoms. The van der Waals surface area contributed by atoms with Crippen molar-refractivity contribution in [3.63, 3.8) is 0 Å². The molecule has 2 N–H and O–H groups in total. The predicted octanol–water partition coefficient (Wildman–Crippen LogP) is 0.723. The molecule has 0 atom stereocenters. The summed E-state index contributed by atoms with van der Waals surface area (Å²) < 4.78 is 5.65. The summed E-state index contributed by atoms with van der Waals surface area (Å²) in [6.45, 7) is 10.2. The van der Waals surface area contributed by atoms with E-state index in [4.69, 9.17) is 14.8 Å². The highest BCUT2D eigenvalue weighted by Crippen LogP contribution is 2.08. The summed E-state index contributed by atoms with van der Waals surface area (Å²) in [5.41, 5.74) is 0.474. The summed E-state index contributed by atoms with van der Waals surface area (Å²) in [6.07, 6.45) is 0. The minimum atomic E-state index is -1.42. The van der Waals surface area contributed by atoms with Crippen LogP contribution in [0, 0.1) is 5.92 Å². The van der Waals surface area contributed by atoms with Crippen molar-refractivity contribution in [1.82, 2.24) is 4.90 Å². The Labute approximate surface area is 116 Å². The molecule has 0 aliphatic carbocycles. The maximum Gasteiger partial charge on any atom is 0.488 e. The Morgan fingerprint density at radius 3 is 2.32 bits per heavy atom. The first kappa shape index (κ1) is 16.0. The van der Waals surface area contributed by atoms with Gasteiger partial charge in [-0.05, 0) is 30.1 Å². The van der Waals surface area contributed by atoms with Gasteiger partial charge in [0.05, 0.1) is 0 Å². The number of nitrogens with zero attached hydrogens (tertiary/aromatic N) is 1. The van der Waals surface area contributed by atoms with E-state index in [0.29, 0.717) is 18.0 Å². The third kappa shape index (κ3) is 6.10. The third-order valence-corrected chi connectivity index (χ3v) is 2.93. The van der Waals surface area contributed by atoms with E-state index in [-0.39, 0.29) is 0 Å². The van der Waals surface area contributed by atoms with Gasteiger partial charge in [-0.2, -0.15) is 0 Å². The molecule has 0 amide bonds. The third-order valence-electron chi connectivity index (χ3n) is 2.93. The zero-order chi connectivity index (χ0) is 14.3. The maximum absolute atomic E-state index is 8.99. The van der Waals surface area contributed by atoms with Gasteiger partial charge in [0.2, 0.25) is 0 Å². The number of rotatable bonds is 8. The Bertz CT molecular complexity index is 354. The Balaban J connectivity index is 2.35. The molecule has 0 aliphatic heterocycles. The second-order valence-corrected chi connectivity index (χ2v) is 5.08. The van der Waals surface area contributed by atoms with Crippen LogP contribution in [0.25, 0.3) is 0 Å². The smallest absolute Gasteiger partial charge is 0.488 e. The zero-order valence-electron chi connectivity index (χ0n) is 12.0. The van der Waals surface area contributed by atoms with Gasteiger partial charge in [-0.25, -0.2) is 0 Å². The molecule has 0 aliphatic rings. The van der Waals surface area contributed by atoms with Crippen molar-refractivity contribution in [2.75, 3.05) is 26.2 Å². The largest absolute Gasteiger partial charge is 0.492 e. The summed E-state index contributed by atoms with van der Waals surface area (Å²) in [5.74, 6) is 1.41. The molecule has 5 heteroatoms. The lowest BCUT2D eigenvalue weighted by Gasteiger charge is -2.22. The van der Waals surface area contributed by atoms with Gasteiger partial charge in [-0.1, -0.05) is 32.9 Å². The Kier molecular flexibility index (Phi) is 6.91. The summed E-state index contributed by atoms with van der Waals surface area (Å²) in [7, 11) is -1.42. The molecule has 0 radical (unpaired) electrons. The van der Waals surface area contributed by atoms with Gasteiger partial charge in [0.1, 0.15) is 12.4 Å². The van der Waals surface area contributed by atoms with E-state index in [1.807, 2.05) is 0 Å². The van der Waals surface area contributed by atoms with Crippen LogP contribution >= 0.6 is 0 Å². The zero-order valence-corrected chi connectivity index (χ0v) is 12.0. The molecule has 0 heterocycles. The number of hydrogen-bond acceptors (Lipinski definition) is 4. The molecule has 0 saturated carbocycles. The first-order valence-electron chi connectivity index (χ1n) is 6.84. The Morgan fingerprint density at radius 2 is 1.84 bits per heavy atom. The first-order valence-corrected chi connectivity index (χ1v) is 6.84. The van der Waals surface area contributed by atoms with Crippen molar-refractivity contribution in [3.05, 3.63) is 24.3 Å². The van der Waals surface area contributed by atoms with E-state index >= 15 is 0 Å². The van der Waals surface area contributed by atoms with Crippen LogP contribution in [0.3, 0.4) is 0 Å². The van der Waals surface area contributed by atoms with Gasteiger partial charge in [0, 0.05) is 13.1 Å². The van der Waals surface area contributed by atoms with Gasteiger partial charge in [-0.3, -0.25) is 4.90 Å². The fourth-order valence-corrected chi connectivity index (χ4v) is 1.92. The normalized spacial score (nSPS) is 11.1. The molecule has 0 aromatic heterocycles. The lowest BCUT2D eigenvalue weighted by atomic mass is 9.80. The molecular formula is C14H24BNO3. The van der Waals surface area contributed by atoms with Crippen LogP contribution in [-0.2, 0) is 0 Å². The molecule has 0 bridgehead atoms. The molecule has 106 valence electrons. The summed E-state index contributed by atoms with van der Waals surface area (Å²) >= 11 is 0. The van der Waals surface area contributed by atoms with Crippen LogP contribution in [0.5, 0.6) is 5.75 Å². The van der Waals surface area contributed by atoms with Crippen molar-refractivity contribution in [2.24, 2.45) is 5.92 Å².